The molecule has 3 saturated heterocycles. The van der Waals surface area contributed by atoms with Crippen molar-refractivity contribution in [1.29, 1.82) is 5.26 Å². The van der Waals surface area contributed by atoms with E-state index in [2.05, 4.69) is 15.9 Å². The van der Waals surface area contributed by atoms with Crippen molar-refractivity contribution in [3.8, 4) is 6.07 Å². The number of nitrogen functional groups attached to an aromatic ring is 1. The fraction of sp³-hybridized carbons (Fsp3) is 0.667. The summed E-state index contributed by atoms with van der Waals surface area (Å²) in [6, 6.07) is 4.04. The normalized spacial score (nSPS) is 31.0. The summed E-state index contributed by atoms with van der Waals surface area (Å²) in [5, 5.41) is 10.2. The summed E-state index contributed by atoms with van der Waals surface area (Å²) in [7, 11) is 0. The first-order valence-electron chi connectivity index (χ1n) is 16.0. The third-order valence-electron chi connectivity index (χ3n) is 11.2. The molecule has 0 saturated carbocycles. The van der Waals surface area contributed by atoms with Gasteiger partial charge in [0.2, 0.25) is 0 Å². The molecule has 1 aromatic carbocycles. The standard InChI is InChI=1S/C33H41ClF2N6/c34-25-16-26(38)30(36)29-23(25)5-1-9-32(29)11-6-24-27(18-32)39-28(7-12-33-10-3-14-42(33)20-22(35)17-33)40-31(24)41-13-2-4-21(19-37)8-15-41/h16,21-22H,1-15,17-18,20,38H2. The molecule has 42 heavy (non-hydrogen) atoms. The molecule has 9 heteroatoms. The minimum absolute atomic E-state index is 0.0794. The van der Waals surface area contributed by atoms with Crippen LogP contribution in [0.15, 0.2) is 6.07 Å². The number of anilines is 2. The zero-order valence-electron chi connectivity index (χ0n) is 24.4. The third-order valence-corrected chi connectivity index (χ3v) is 11.6. The number of nitrogens with two attached hydrogens (primary N) is 1. The summed E-state index contributed by atoms with van der Waals surface area (Å²) in [6.45, 7) is 3.20. The molecule has 7 rings (SSSR count). The van der Waals surface area contributed by atoms with Crippen LogP contribution in [-0.2, 0) is 31.1 Å². The third kappa shape index (κ3) is 4.76. The van der Waals surface area contributed by atoms with Crippen LogP contribution in [0, 0.1) is 23.1 Å². The second-order valence-corrected chi connectivity index (χ2v) is 14.0. The highest BCUT2D eigenvalue weighted by molar-refractivity contribution is 6.31. The fourth-order valence-corrected chi connectivity index (χ4v) is 9.45. The SMILES string of the molecule is N#CC1CCCN(c2nc(CCC34CCCN3CC(F)C4)nc3c2CCC2(CCCc4c(Cl)cc(N)c(F)c42)C3)CC1. The predicted molar refractivity (Wildman–Crippen MR) is 161 cm³/mol. The highest BCUT2D eigenvalue weighted by atomic mass is 35.5. The molecule has 0 amide bonds. The predicted octanol–water partition coefficient (Wildman–Crippen LogP) is 6.25. The molecule has 1 spiro atoms. The number of aryl methyl sites for hydroxylation is 1. The Morgan fingerprint density at radius 3 is 2.81 bits per heavy atom. The van der Waals surface area contributed by atoms with Gasteiger partial charge < -0.3 is 10.6 Å². The van der Waals surface area contributed by atoms with Crippen molar-refractivity contribution in [3.63, 3.8) is 0 Å². The zero-order chi connectivity index (χ0) is 29.1. The molecule has 2 N–H and O–H groups in total. The van der Waals surface area contributed by atoms with Crippen molar-refractivity contribution >= 4 is 23.1 Å². The van der Waals surface area contributed by atoms with Gasteiger partial charge in [-0.3, -0.25) is 4.90 Å². The van der Waals surface area contributed by atoms with E-state index in [1.54, 1.807) is 6.07 Å². The van der Waals surface area contributed by atoms with Crippen molar-refractivity contribution in [1.82, 2.24) is 14.9 Å². The number of fused-ring (bicyclic) bond motifs is 4. The molecule has 5 aliphatic rings. The van der Waals surface area contributed by atoms with Gasteiger partial charge in [0.15, 0.2) is 0 Å². The number of nitriles is 1. The summed E-state index contributed by atoms with van der Waals surface area (Å²) in [5.74, 6) is 1.58. The Hall–Kier alpha value is -2.50. The van der Waals surface area contributed by atoms with Crippen molar-refractivity contribution in [3.05, 3.63) is 45.1 Å². The maximum Gasteiger partial charge on any atom is 0.150 e. The molecule has 0 radical (unpaired) electrons. The number of hydrogen-bond acceptors (Lipinski definition) is 6. The van der Waals surface area contributed by atoms with Gasteiger partial charge in [0.1, 0.15) is 23.6 Å². The quantitative estimate of drug-likeness (QED) is 0.421. The molecule has 4 atom stereocenters. The molecular formula is C33H41ClF2N6. The van der Waals surface area contributed by atoms with Crippen LogP contribution in [-0.4, -0.2) is 52.8 Å². The van der Waals surface area contributed by atoms with Crippen LogP contribution in [0.5, 0.6) is 0 Å². The Bertz CT molecular complexity index is 1430. The number of hydrogen-bond donors (Lipinski definition) is 1. The van der Waals surface area contributed by atoms with Crippen LogP contribution in [0.3, 0.4) is 0 Å². The topological polar surface area (TPSA) is 82.1 Å². The maximum absolute atomic E-state index is 15.8. The molecule has 3 aliphatic heterocycles. The second kappa shape index (κ2) is 10.9. The molecule has 6 nitrogen and oxygen atoms in total. The van der Waals surface area contributed by atoms with Gasteiger partial charge in [-0.2, -0.15) is 5.26 Å². The van der Waals surface area contributed by atoms with Crippen LogP contribution in [0.1, 0.15) is 92.4 Å². The highest BCUT2D eigenvalue weighted by Crippen LogP contribution is 2.51. The molecule has 2 aromatic rings. The van der Waals surface area contributed by atoms with Gasteiger partial charge in [-0.25, -0.2) is 18.7 Å². The number of nitrogens with zero attached hydrogens (tertiary/aromatic N) is 5. The maximum atomic E-state index is 15.8. The first-order valence-corrected chi connectivity index (χ1v) is 16.4. The summed E-state index contributed by atoms with van der Waals surface area (Å²) in [6.07, 6.45) is 11.1. The molecule has 1 aromatic heterocycles. The van der Waals surface area contributed by atoms with Crippen molar-refractivity contribution in [2.75, 3.05) is 36.8 Å². The average Bonchev–Trinajstić information content (AvgIpc) is 3.38. The van der Waals surface area contributed by atoms with Crippen LogP contribution in [0.25, 0.3) is 0 Å². The molecule has 4 heterocycles. The lowest BCUT2D eigenvalue weighted by atomic mass is 9.62. The van der Waals surface area contributed by atoms with Gasteiger partial charge in [0, 0.05) is 59.1 Å². The van der Waals surface area contributed by atoms with Gasteiger partial charge in [0.25, 0.3) is 0 Å². The van der Waals surface area contributed by atoms with Crippen molar-refractivity contribution in [2.24, 2.45) is 5.92 Å². The number of aromatic nitrogens is 2. The van der Waals surface area contributed by atoms with E-state index < -0.39 is 6.17 Å². The van der Waals surface area contributed by atoms with Gasteiger partial charge in [-0.05, 0) is 102 Å². The average molecular weight is 595 g/mol. The van der Waals surface area contributed by atoms with Crippen LogP contribution < -0.4 is 10.6 Å². The smallest absolute Gasteiger partial charge is 0.150 e. The molecule has 2 aliphatic carbocycles. The monoisotopic (exact) mass is 594 g/mol. The zero-order valence-corrected chi connectivity index (χ0v) is 25.2. The summed E-state index contributed by atoms with van der Waals surface area (Å²) >= 11 is 6.64. The van der Waals surface area contributed by atoms with Crippen LogP contribution in [0.2, 0.25) is 5.02 Å². The number of rotatable bonds is 4. The Labute approximate surface area is 252 Å². The second-order valence-electron chi connectivity index (χ2n) is 13.6. The summed E-state index contributed by atoms with van der Waals surface area (Å²) in [5.41, 5.74) is 9.58. The summed E-state index contributed by atoms with van der Waals surface area (Å²) < 4.78 is 30.3. The highest BCUT2D eigenvalue weighted by Gasteiger charge is 2.48. The summed E-state index contributed by atoms with van der Waals surface area (Å²) in [4.78, 5) is 15.2. The molecule has 224 valence electrons. The minimum atomic E-state index is -0.754. The molecular weight excluding hydrogens is 554 g/mol. The molecule has 4 unspecified atom stereocenters. The Morgan fingerprint density at radius 1 is 1.07 bits per heavy atom. The van der Waals surface area contributed by atoms with E-state index in [-0.39, 0.29) is 28.4 Å². The largest absolute Gasteiger partial charge is 0.396 e. The Morgan fingerprint density at radius 2 is 1.95 bits per heavy atom. The first-order chi connectivity index (χ1) is 20.3. The van der Waals surface area contributed by atoms with Gasteiger partial charge in [-0.1, -0.05) is 11.6 Å². The van der Waals surface area contributed by atoms with Gasteiger partial charge in [0.05, 0.1) is 17.5 Å². The van der Waals surface area contributed by atoms with Gasteiger partial charge in [-0.15, -0.1) is 0 Å². The van der Waals surface area contributed by atoms with Crippen LogP contribution >= 0.6 is 11.6 Å². The number of alkyl halides is 1. The number of halogens is 3. The molecule has 0 bridgehead atoms. The van der Waals surface area contributed by atoms with E-state index >= 15 is 4.39 Å². The van der Waals surface area contributed by atoms with E-state index in [0.29, 0.717) is 36.4 Å². The van der Waals surface area contributed by atoms with E-state index in [0.717, 1.165) is 113 Å². The first kappa shape index (κ1) is 28.3. The Kier molecular flexibility index (Phi) is 7.33. The van der Waals surface area contributed by atoms with E-state index in [9.17, 15) is 9.65 Å². The van der Waals surface area contributed by atoms with Crippen molar-refractivity contribution < 1.29 is 8.78 Å². The molecule has 3 fully saturated rings. The van der Waals surface area contributed by atoms with Crippen molar-refractivity contribution in [2.45, 2.75) is 107 Å². The fourth-order valence-electron chi connectivity index (χ4n) is 9.15. The van der Waals surface area contributed by atoms with Gasteiger partial charge >= 0.3 is 0 Å². The Balaban J connectivity index is 1.26. The van der Waals surface area contributed by atoms with E-state index in [4.69, 9.17) is 27.3 Å². The van der Waals surface area contributed by atoms with Crippen LogP contribution in [0.4, 0.5) is 20.3 Å². The van der Waals surface area contributed by atoms with E-state index in [1.807, 2.05) is 0 Å². The lowest BCUT2D eigenvalue weighted by Crippen LogP contribution is -2.40. The lowest BCUT2D eigenvalue weighted by molar-refractivity contribution is 0.181. The van der Waals surface area contributed by atoms with E-state index in [1.165, 1.54) is 5.56 Å². The number of benzene rings is 1. The minimum Gasteiger partial charge on any atom is -0.396 e. The lowest BCUT2D eigenvalue weighted by Gasteiger charge is -2.43.